The number of piperazine rings is 1. The van der Waals surface area contributed by atoms with E-state index in [0.717, 1.165) is 10.9 Å². The van der Waals surface area contributed by atoms with Crippen LogP contribution in [0.4, 0.5) is 5.88 Å². The first-order valence-electron chi connectivity index (χ1n) is 9.15. The maximum atomic E-state index is 13.0. The Hall–Kier alpha value is -4.06. The summed E-state index contributed by atoms with van der Waals surface area (Å²) < 4.78 is 11.1. The smallest absolute Gasteiger partial charge is 0.266 e. The van der Waals surface area contributed by atoms with E-state index in [2.05, 4.69) is 21.3 Å². The van der Waals surface area contributed by atoms with E-state index in [4.69, 9.17) is 8.83 Å². The average molecular weight is 388 g/mol. The number of carbonyl (C=O) groups is 1. The summed E-state index contributed by atoms with van der Waals surface area (Å²) >= 11 is 0. The summed E-state index contributed by atoms with van der Waals surface area (Å²) in [5, 5.41) is 17.2. The van der Waals surface area contributed by atoms with Gasteiger partial charge < -0.3 is 18.6 Å². The number of oxazole rings is 1. The van der Waals surface area contributed by atoms with Crippen molar-refractivity contribution in [2.75, 3.05) is 31.1 Å². The van der Waals surface area contributed by atoms with Crippen LogP contribution in [0.5, 0.6) is 0 Å². The zero-order valence-electron chi connectivity index (χ0n) is 15.3. The molecule has 9 nitrogen and oxygen atoms in total. The molecule has 0 aliphatic carbocycles. The molecule has 4 heterocycles. The van der Waals surface area contributed by atoms with Gasteiger partial charge in [0, 0.05) is 31.6 Å². The number of aromatic nitrogens is 3. The van der Waals surface area contributed by atoms with Crippen LogP contribution in [0.2, 0.25) is 0 Å². The van der Waals surface area contributed by atoms with Gasteiger partial charge in [0.05, 0.1) is 23.5 Å². The van der Waals surface area contributed by atoms with Crippen molar-refractivity contribution in [1.82, 2.24) is 20.1 Å². The summed E-state index contributed by atoms with van der Waals surface area (Å²) in [4.78, 5) is 20.9. The molecule has 5 rings (SSSR count). The number of H-pyrrole nitrogens is 1. The highest BCUT2D eigenvalue weighted by atomic mass is 16.4. The number of nitrogens with one attached hydrogen (secondary N) is 1. The van der Waals surface area contributed by atoms with E-state index in [1.807, 2.05) is 17.0 Å². The fourth-order valence-electron chi connectivity index (χ4n) is 3.53. The minimum absolute atomic E-state index is 0.0474. The summed E-state index contributed by atoms with van der Waals surface area (Å²) in [6.07, 6.45) is 3.23. The third kappa shape index (κ3) is 2.91. The number of furan rings is 1. The van der Waals surface area contributed by atoms with Gasteiger partial charge in [-0.15, -0.1) is 0 Å². The van der Waals surface area contributed by atoms with Gasteiger partial charge in [-0.25, -0.2) is 0 Å². The number of hydrogen-bond donors (Lipinski definition) is 1. The van der Waals surface area contributed by atoms with Gasteiger partial charge in [0.1, 0.15) is 6.07 Å². The number of aromatic amines is 1. The molecule has 0 spiro atoms. The summed E-state index contributed by atoms with van der Waals surface area (Å²) in [5.74, 6) is 1.09. The van der Waals surface area contributed by atoms with Gasteiger partial charge in [0.15, 0.2) is 5.76 Å². The van der Waals surface area contributed by atoms with Crippen LogP contribution < -0.4 is 4.90 Å². The SMILES string of the molecule is N#Cc1nc(-c2ccco2)oc1N1CCN(C(=O)c2cccc3cn[nH]c23)CC1. The predicted octanol–water partition coefficient (Wildman–Crippen LogP) is 2.64. The highest BCUT2D eigenvalue weighted by Crippen LogP contribution is 2.29. The van der Waals surface area contributed by atoms with Crippen LogP contribution in [-0.4, -0.2) is 52.2 Å². The third-order valence-electron chi connectivity index (χ3n) is 5.01. The lowest BCUT2D eigenvalue weighted by Crippen LogP contribution is -2.49. The first-order chi connectivity index (χ1) is 14.2. The lowest BCUT2D eigenvalue weighted by atomic mass is 10.1. The number of nitrogens with zero attached hydrogens (tertiary/aromatic N) is 5. The highest BCUT2D eigenvalue weighted by Gasteiger charge is 2.28. The second kappa shape index (κ2) is 6.83. The maximum absolute atomic E-state index is 13.0. The number of nitriles is 1. The Morgan fingerprint density at radius 1 is 1.17 bits per heavy atom. The fraction of sp³-hybridized carbons (Fsp3) is 0.200. The number of amides is 1. The monoisotopic (exact) mass is 388 g/mol. The summed E-state index contributed by atoms with van der Waals surface area (Å²) in [6, 6.07) is 11.1. The third-order valence-corrected chi connectivity index (χ3v) is 5.01. The van der Waals surface area contributed by atoms with Gasteiger partial charge >= 0.3 is 0 Å². The molecule has 1 aliphatic rings. The van der Waals surface area contributed by atoms with Gasteiger partial charge in [-0.1, -0.05) is 12.1 Å². The number of para-hydroxylation sites is 1. The van der Waals surface area contributed by atoms with Gasteiger partial charge in [0.25, 0.3) is 11.8 Å². The van der Waals surface area contributed by atoms with E-state index in [1.165, 1.54) is 6.26 Å². The Bertz CT molecular complexity index is 1210. The molecular weight excluding hydrogens is 372 g/mol. The van der Waals surface area contributed by atoms with Crippen LogP contribution in [0.25, 0.3) is 22.6 Å². The van der Waals surface area contributed by atoms with Crippen molar-refractivity contribution in [1.29, 1.82) is 5.26 Å². The number of hydrogen-bond acceptors (Lipinski definition) is 7. The molecule has 1 saturated heterocycles. The van der Waals surface area contributed by atoms with E-state index in [1.54, 1.807) is 29.3 Å². The second-order valence-corrected chi connectivity index (χ2v) is 6.68. The van der Waals surface area contributed by atoms with E-state index >= 15 is 0 Å². The molecule has 1 aromatic carbocycles. The molecule has 4 aromatic rings. The van der Waals surface area contributed by atoms with Crippen LogP contribution in [0.1, 0.15) is 16.1 Å². The molecule has 0 atom stereocenters. The maximum Gasteiger partial charge on any atom is 0.266 e. The minimum Gasteiger partial charge on any atom is -0.459 e. The molecule has 1 amide bonds. The molecular formula is C20H16N6O3. The van der Waals surface area contributed by atoms with Crippen molar-refractivity contribution in [3.05, 3.63) is 54.0 Å². The lowest BCUT2D eigenvalue weighted by molar-refractivity contribution is 0.0747. The second-order valence-electron chi connectivity index (χ2n) is 6.68. The Labute approximate surface area is 165 Å². The Morgan fingerprint density at radius 2 is 2.03 bits per heavy atom. The molecule has 0 radical (unpaired) electrons. The molecule has 0 unspecified atom stereocenters. The first kappa shape index (κ1) is 17.1. The summed E-state index contributed by atoms with van der Waals surface area (Å²) in [6.45, 7) is 2.08. The highest BCUT2D eigenvalue weighted by molar-refractivity contribution is 6.05. The van der Waals surface area contributed by atoms with Gasteiger partial charge in [-0.2, -0.15) is 15.3 Å². The molecule has 1 fully saturated rings. The van der Waals surface area contributed by atoms with Gasteiger partial charge in [-0.05, 0) is 18.2 Å². The Balaban J connectivity index is 1.34. The number of anilines is 1. The summed E-state index contributed by atoms with van der Waals surface area (Å²) in [7, 11) is 0. The van der Waals surface area contributed by atoms with Crippen molar-refractivity contribution in [2.24, 2.45) is 0 Å². The van der Waals surface area contributed by atoms with Gasteiger partial charge in [-0.3, -0.25) is 9.89 Å². The molecule has 0 saturated carbocycles. The first-order valence-corrected chi connectivity index (χ1v) is 9.15. The lowest BCUT2D eigenvalue weighted by Gasteiger charge is -2.34. The molecule has 1 N–H and O–H groups in total. The van der Waals surface area contributed by atoms with Crippen LogP contribution >= 0.6 is 0 Å². The molecule has 0 bridgehead atoms. The molecule has 1 aliphatic heterocycles. The van der Waals surface area contributed by atoms with Crippen LogP contribution in [-0.2, 0) is 0 Å². The molecule has 144 valence electrons. The zero-order chi connectivity index (χ0) is 19.8. The summed E-state index contributed by atoms with van der Waals surface area (Å²) in [5.41, 5.74) is 1.55. The van der Waals surface area contributed by atoms with E-state index in [9.17, 15) is 10.1 Å². The van der Waals surface area contributed by atoms with E-state index < -0.39 is 0 Å². The Morgan fingerprint density at radius 3 is 2.79 bits per heavy atom. The van der Waals surface area contributed by atoms with Crippen LogP contribution in [0.15, 0.2) is 51.6 Å². The van der Waals surface area contributed by atoms with Crippen LogP contribution in [0.3, 0.4) is 0 Å². The van der Waals surface area contributed by atoms with E-state index in [0.29, 0.717) is 43.4 Å². The standard InChI is InChI=1S/C20H16N6O3/c21-11-15-20(29-18(23-15)16-5-2-10-28-16)26-8-6-25(7-9-26)19(27)14-4-1-3-13-12-22-24-17(13)14/h1-5,10,12H,6-9H2,(H,22,24). The molecule has 29 heavy (non-hydrogen) atoms. The van der Waals surface area contributed by atoms with Crippen molar-refractivity contribution >= 4 is 22.7 Å². The topological polar surface area (TPSA) is 115 Å². The number of fused-ring (bicyclic) bond motifs is 1. The normalized spacial score (nSPS) is 14.3. The Kier molecular flexibility index (Phi) is 4.02. The number of carbonyl (C=O) groups excluding carboxylic acids is 1. The van der Waals surface area contributed by atoms with Crippen molar-refractivity contribution in [3.8, 4) is 17.7 Å². The fourth-order valence-corrected chi connectivity index (χ4v) is 3.53. The zero-order valence-corrected chi connectivity index (χ0v) is 15.3. The average Bonchev–Trinajstić information content (AvgIpc) is 3.52. The van der Waals surface area contributed by atoms with E-state index in [-0.39, 0.29) is 17.5 Å². The minimum atomic E-state index is -0.0474. The quantitative estimate of drug-likeness (QED) is 0.573. The van der Waals surface area contributed by atoms with Crippen molar-refractivity contribution < 1.29 is 13.6 Å². The molecule has 9 heteroatoms. The molecule has 3 aromatic heterocycles. The number of rotatable bonds is 3. The largest absolute Gasteiger partial charge is 0.459 e. The predicted molar refractivity (Wildman–Crippen MR) is 103 cm³/mol. The van der Waals surface area contributed by atoms with Crippen molar-refractivity contribution in [2.45, 2.75) is 0 Å². The number of benzene rings is 1. The van der Waals surface area contributed by atoms with Crippen LogP contribution in [0, 0.1) is 11.3 Å². The van der Waals surface area contributed by atoms with Gasteiger partial charge in [0.2, 0.25) is 11.6 Å². The van der Waals surface area contributed by atoms with Crippen molar-refractivity contribution in [3.63, 3.8) is 0 Å².